The molecule has 5 aromatic rings. The van der Waals surface area contributed by atoms with E-state index in [0.717, 1.165) is 90.9 Å². The van der Waals surface area contributed by atoms with Crippen molar-refractivity contribution in [2.24, 2.45) is 5.41 Å². The second kappa shape index (κ2) is 19.8. The number of allylic oxidation sites excluding steroid dienone is 1. The van der Waals surface area contributed by atoms with Gasteiger partial charge in [0, 0.05) is 80.9 Å². The van der Waals surface area contributed by atoms with Crippen molar-refractivity contribution in [2.45, 2.75) is 75.8 Å². The predicted octanol–water partition coefficient (Wildman–Crippen LogP) is 8.67. The van der Waals surface area contributed by atoms with Crippen LogP contribution in [0.2, 0.25) is 5.02 Å². The molecule has 1 amide bonds. The molecule has 1 aliphatic carbocycles. The van der Waals surface area contributed by atoms with Crippen LogP contribution in [0.3, 0.4) is 0 Å². The predicted molar refractivity (Wildman–Crippen MR) is 256 cm³/mol. The Bertz CT molecular complexity index is 2620. The van der Waals surface area contributed by atoms with Gasteiger partial charge >= 0.3 is 0 Å². The highest BCUT2D eigenvalue weighted by Crippen LogP contribution is 2.43. The van der Waals surface area contributed by atoms with E-state index >= 15 is 0 Å². The van der Waals surface area contributed by atoms with E-state index in [-0.39, 0.29) is 33.4 Å². The van der Waals surface area contributed by atoms with Crippen LogP contribution in [-0.4, -0.2) is 99.7 Å². The highest BCUT2D eigenvalue weighted by molar-refractivity contribution is 7.90. The summed E-state index contributed by atoms with van der Waals surface area (Å²) in [4.78, 5) is 14.2. The first-order valence-electron chi connectivity index (χ1n) is 22.4. The Hall–Kier alpha value is -5.04. The van der Waals surface area contributed by atoms with Crippen molar-refractivity contribution < 1.29 is 27.9 Å². The summed E-state index contributed by atoms with van der Waals surface area (Å²) in [6.45, 7) is 9.85. The number of anilines is 2. The quantitative estimate of drug-likeness (QED) is 0.0314. The molecular weight excluding hydrogens is 868 g/mol. The van der Waals surface area contributed by atoms with Crippen LogP contribution in [0.4, 0.5) is 17.1 Å². The molecule has 0 spiro atoms. The number of piperidine rings is 1. The molecule has 1 unspecified atom stereocenters. The van der Waals surface area contributed by atoms with Crippen LogP contribution >= 0.6 is 11.6 Å². The number of H-pyrrole nitrogens is 1. The van der Waals surface area contributed by atoms with Crippen molar-refractivity contribution in [3.8, 4) is 11.5 Å². The van der Waals surface area contributed by atoms with Gasteiger partial charge < -0.3 is 35.5 Å². The van der Waals surface area contributed by atoms with Gasteiger partial charge in [-0.2, -0.15) is 9.91 Å². The van der Waals surface area contributed by atoms with Gasteiger partial charge in [-0.1, -0.05) is 49.2 Å². The summed E-state index contributed by atoms with van der Waals surface area (Å²) in [7, 11) is -3.55. The third-order valence-corrected chi connectivity index (χ3v) is 14.4. The Morgan fingerprint density at radius 1 is 1.02 bits per heavy atom. The maximum atomic E-state index is 14.0. The number of quaternary nitrogens is 1. The standard InChI is InChI=1S/C48H59ClN8O7S/c1-48(2)20-15-33(40(29-48)32-7-9-34(49)10-8-32)30-50-21-22-51-36-11-13-39(46(27-36)64-45-6-4-5-42-41(45)31-52-54-42)47(58)55-65(61,62)38-12-14-43(44(28-38)57(3,59)60)53-35-16-23-56(24-17-35)37-18-25-63-26-19-37/h4-14,27-28,31,35,37,50-51,53,59H,15-26,29-30H2,1-3H3,(H,52,54)(H,55,58). The molecule has 346 valence electrons. The lowest BCUT2D eigenvalue weighted by Gasteiger charge is -2.40. The van der Waals surface area contributed by atoms with Crippen molar-refractivity contribution in [3.63, 3.8) is 0 Å². The number of carbonyl (C=O) groups is 1. The maximum absolute atomic E-state index is 14.0. The molecule has 0 radical (unpaired) electrons. The van der Waals surface area contributed by atoms with Gasteiger partial charge in [0.25, 0.3) is 15.9 Å². The Morgan fingerprint density at radius 2 is 1.78 bits per heavy atom. The van der Waals surface area contributed by atoms with Gasteiger partial charge in [0.1, 0.15) is 18.5 Å². The Kier molecular flexibility index (Phi) is 14.2. The van der Waals surface area contributed by atoms with Crippen LogP contribution in [0.15, 0.2) is 95.5 Å². The number of hydrogen-bond acceptors (Lipinski definition) is 12. The average Bonchev–Trinajstić information content (AvgIpc) is 3.77. The van der Waals surface area contributed by atoms with Crippen molar-refractivity contribution in [3.05, 3.63) is 112 Å². The molecule has 8 rings (SSSR count). The number of carbonyl (C=O) groups excluding carboxylic acids is 1. The smallest absolute Gasteiger partial charge is 0.268 e. The van der Waals surface area contributed by atoms with Crippen LogP contribution in [-0.2, 0) is 14.8 Å². The topological polar surface area (TPSA) is 193 Å². The summed E-state index contributed by atoms with van der Waals surface area (Å²) in [6, 6.07) is 22.7. The minimum atomic E-state index is -4.55. The lowest BCUT2D eigenvalue weighted by atomic mass is 9.72. The summed E-state index contributed by atoms with van der Waals surface area (Å²) in [5, 5.41) is 42.5. The van der Waals surface area contributed by atoms with E-state index in [9.17, 15) is 23.6 Å². The SMILES string of the molecule is CC1(C)CCC(CNCCNc2ccc(C(=O)NS(=O)(=O)c3ccc(NC4CCN(C5CCOCC5)CC4)c([N+](C)([O-])O)c3)c(Oc3cccc4[nH]ncc34)c2)=C(c2ccc(Cl)cc2)C1. The molecule has 65 heavy (non-hydrogen) atoms. The minimum Gasteiger partial charge on any atom is -0.593 e. The van der Waals surface area contributed by atoms with Crippen LogP contribution in [0.25, 0.3) is 16.5 Å². The first-order valence-corrected chi connectivity index (χ1v) is 24.2. The minimum absolute atomic E-state index is 0.0135. The second-order valence-electron chi connectivity index (χ2n) is 18.2. The van der Waals surface area contributed by atoms with Gasteiger partial charge in [-0.15, -0.1) is 0 Å². The molecule has 6 N–H and O–H groups in total. The highest BCUT2D eigenvalue weighted by atomic mass is 35.5. The number of likely N-dealkylation sites (tertiary alicyclic amines) is 1. The highest BCUT2D eigenvalue weighted by Gasteiger charge is 2.31. The summed E-state index contributed by atoms with van der Waals surface area (Å²) >= 11 is 6.20. The Labute approximate surface area is 385 Å². The molecule has 3 heterocycles. The fraction of sp³-hybridized carbons (Fsp3) is 0.417. The molecule has 2 saturated heterocycles. The lowest BCUT2D eigenvalue weighted by molar-refractivity contribution is -0.00406. The number of amides is 1. The summed E-state index contributed by atoms with van der Waals surface area (Å²) in [5.41, 5.74) is 5.61. The molecular formula is C48H59ClN8O7S. The van der Waals surface area contributed by atoms with Gasteiger partial charge in [0.2, 0.25) is 0 Å². The zero-order valence-electron chi connectivity index (χ0n) is 37.2. The molecule has 2 fully saturated rings. The molecule has 1 aromatic heterocycles. The Balaban J connectivity index is 0.958. The number of aromatic nitrogens is 2. The van der Waals surface area contributed by atoms with Crippen LogP contribution in [0.1, 0.15) is 74.7 Å². The van der Waals surface area contributed by atoms with Gasteiger partial charge in [0.15, 0.2) is 5.69 Å². The first kappa shape index (κ1) is 46.5. The number of nitrogens with zero attached hydrogens (tertiary/aromatic N) is 3. The van der Waals surface area contributed by atoms with E-state index in [1.807, 2.05) is 18.2 Å². The molecule has 1 atom stereocenters. The van der Waals surface area contributed by atoms with Crippen molar-refractivity contribution >= 4 is 61.1 Å². The maximum Gasteiger partial charge on any atom is 0.268 e. The number of fused-ring (bicyclic) bond motifs is 1. The monoisotopic (exact) mass is 926 g/mol. The number of ether oxygens (including phenoxy) is 2. The molecule has 15 nitrogen and oxygen atoms in total. The van der Waals surface area contributed by atoms with Gasteiger partial charge in [-0.3, -0.25) is 9.89 Å². The molecule has 4 aromatic carbocycles. The van der Waals surface area contributed by atoms with Gasteiger partial charge in [0.05, 0.1) is 33.2 Å². The fourth-order valence-electron chi connectivity index (χ4n) is 9.13. The van der Waals surface area contributed by atoms with Gasteiger partial charge in [-0.25, -0.2) is 18.3 Å². The number of sulfonamides is 1. The zero-order chi connectivity index (χ0) is 45.8. The molecule has 0 saturated carbocycles. The second-order valence-corrected chi connectivity index (χ2v) is 20.3. The van der Waals surface area contributed by atoms with Crippen molar-refractivity contribution in [1.82, 2.24) is 29.9 Å². The number of aromatic amines is 1. The van der Waals surface area contributed by atoms with Crippen LogP contribution in [0, 0.1) is 10.6 Å². The van der Waals surface area contributed by atoms with E-state index < -0.39 is 20.7 Å². The Morgan fingerprint density at radius 3 is 2.54 bits per heavy atom. The van der Waals surface area contributed by atoms with E-state index in [2.05, 4.69) is 61.7 Å². The number of nitrogens with one attached hydrogen (secondary N) is 5. The number of rotatable bonds is 16. The normalized spacial score (nSPS) is 18.6. The third kappa shape index (κ3) is 11.5. The molecule has 0 bridgehead atoms. The summed E-state index contributed by atoms with van der Waals surface area (Å²) in [5.74, 6) is -0.435. The molecule has 3 aliphatic rings. The summed E-state index contributed by atoms with van der Waals surface area (Å²) < 4.78 is 41.8. The van der Waals surface area contributed by atoms with E-state index in [1.165, 1.54) is 34.9 Å². The van der Waals surface area contributed by atoms with Crippen molar-refractivity contribution in [2.75, 3.05) is 63.6 Å². The van der Waals surface area contributed by atoms with Crippen LogP contribution < -0.4 is 30.2 Å². The number of benzene rings is 4. The summed E-state index contributed by atoms with van der Waals surface area (Å²) in [6.07, 6.45) is 8.37. The van der Waals surface area contributed by atoms with E-state index in [4.69, 9.17) is 21.1 Å². The zero-order valence-corrected chi connectivity index (χ0v) is 38.7. The fourth-order valence-corrected chi connectivity index (χ4v) is 10.2. The van der Waals surface area contributed by atoms with E-state index in [0.29, 0.717) is 52.2 Å². The first-order chi connectivity index (χ1) is 31.1. The largest absolute Gasteiger partial charge is 0.593 e. The lowest BCUT2D eigenvalue weighted by Crippen LogP contribution is -2.46. The van der Waals surface area contributed by atoms with E-state index in [1.54, 1.807) is 30.5 Å². The third-order valence-electron chi connectivity index (χ3n) is 12.8. The number of halogens is 1. The molecule has 17 heteroatoms. The van der Waals surface area contributed by atoms with Crippen molar-refractivity contribution in [1.29, 1.82) is 0 Å². The molecule has 2 aliphatic heterocycles. The number of hydroxylamine groups is 2. The number of hydrogen-bond donors (Lipinski definition) is 6. The average molecular weight is 928 g/mol. The van der Waals surface area contributed by atoms with Crippen LogP contribution in [0.5, 0.6) is 11.5 Å². The van der Waals surface area contributed by atoms with Gasteiger partial charge in [-0.05, 0) is 110 Å².